The average molecular weight is 383 g/mol. The van der Waals surface area contributed by atoms with Crippen molar-refractivity contribution in [2.75, 3.05) is 26.7 Å². The molecule has 28 heavy (non-hydrogen) atoms. The smallest absolute Gasteiger partial charge is 0.251 e. The van der Waals surface area contributed by atoms with E-state index in [9.17, 15) is 4.79 Å². The molecule has 7 heteroatoms. The minimum Gasteiger partial charge on any atom is -0.352 e. The fraction of sp³-hybridized carbons (Fsp3) is 0.476. The van der Waals surface area contributed by atoms with Crippen LogP contribution in [0.25, 0.3) is 0 Å². The number of hydrogen-bond donors (Lipinski definition) is 2. The van der Waals surface area contributed by atoms with E-state index in [-0.39, 0.29) is 5.91 Å². The van der Waals surface area contributed by atoms with Crippen LogP contribution in [0.1, 0.15) is 42.2 Å². The number of piperidine rings is 1. The zero-order chi connectivity index (χ0) is 19.9. The molecule has 2 unspecified atom stereocenters. The summed E-state index contributed by atoms with van der Waals surface area (Å²) in [5.74, 6) is 1.44. The van der Waals surface area contributed by atoms with Gasteiger partial charge in [0, 0.05) is 51.2 Å². The van der Waals surface area contributed by atoms with Crippen molar-refractivity contribution in [1.29, 1.82) is 0 Å². The largest absolute Gasteiger partial charge is 0.352 e. The van der Waals surface area contributed by atoms with E-state index in [0.717, 1.165) is 31.0 Å². The summed E-state index contributed by atoms with van der Waals surface area (Å²) in [6.45, 7) is 7.34. The molecule has 1 aliphatic heterocycles. The molecule has 1 aromatic carbocycles. The molecule has 1 amide bonds. The van der Waals surface area contributed by atoms with E-state index < -0.39 is 0 Å². The fourth-order valence-electron chi connectivity index (χ4n) is 3.69. The van der Waals surface area contributed by atoms with Crippen molar-refractivity contribution in [2.45, 2.75) is 32.9 Å². The van der Waals surface area contributed by atoms with Crippen LogP contribution in [0.15, 0.2) is 48.0 Å². The van der Waals surface area contributed by atoms with Crippen LogP contribution in [0.3, 0.4) is 0 Å². The van der Waals surface area contributed by atoms with Gasteiger partial charge in [0.1, 0.15) is 0 Å². The van der Waals surface area contributed by atoms with Gasteiger partial charge in [-0.2, -0.15) is 0 Å². The first-order valence-electron chi connectivity index (χ1n) is 9.92. The number of nitrogens with zero attached hydrogens (tertiary/aromatic N) is 4. The molecule has 2 atom stereocenters. The number of aromatic nitrogens is 2. The van der Waals surface area contributed by atoms with Crippen molar-refractivity contribution in [3.8, 4) is 0 Å². The SMILES string of the molecule is CCNC(=O)c1cccc(CNC(=NC)N2CCC(C)C(n3ccnc3)C2)c1. The van der Waals surface area contributed by atoms with Crippen LogP contribution in [0, 0.1) is 5.92 Å². The van der Waals surface area contributed by atoms with Crippen LogP contribution in [-0.2, 0) is 6.54 Å². The predicted octanol–water partition coefficient (Wildman–Crippen LogP) is 2.29. The van der Waals surface area contributed by atoms with Crippen LogP contribution in [0.2, 0.25) is 0 Å². The highest BCUT2D eigenvalue weighted by Crippen LogP contribution is 2.27. The van der Waals surface area contributed by atoms with Gasteiger partial charge in [0.2, 0.25) is 0 Å². The third kappa shape index (κ3) is 4.71. The quantitative estimate of drug-likeness (QED) is 0.615. The number of carbonyl (C=O) groups excluding carboxylic acids is 1. The van der Waals surface area contributed by atoms with Crippen LogP contribution in [-0.4, -0.2) is 53.0 Å². The van der Waals surface area contributed by atoms with Crippen LogP contribution < -0.4 is 10.6 Å². The molecule has 1 saturated heterocycles. The molecule has 1 aliphatic rings. The monoisotopic (exact) mass is 382 g/mol. The van der Waals surface area contributed by atoms with E-state index in [0.29, 0.717) is 30.6 Å². The van der Waals surface area contributed by atoms with Crippen molar-refractivity contribution >= 4 is 11.9 Å². The summed E-state index contributed by atoms with van der Waals surface area (Å²) in [6, 6.07) is 8.09. The topological polar surface area (TPSA) is 74.6 Å². The molecule has 2 N–H and O–H groups in total. The Hall–Kier alpha value is -2.83. The molecule has 3 rings (SSSR count). The van der Waals surface area contributed by atoms with Crippen molar-refractivity contribution in [3.63, 3.8) is 0 Å². The molecule has 0 aliphatic carbocycles. The van der Waals surface area contributed by atoms with Crippen LogP contribution in [0.4, 0.5) is 0 Å². The maximum absolute atomic E-state index is 12.0. The van der Waals surface area contributed by atoms with Crippen molar-refractivity contribution < 1.29 is 4.79 Å². The summed E-state index contributed by atoms with van der Waals surface area (Å²) in [4.78, 5) is 23.0. The first kappa shape index (κ1) is 19.9. The number of aliphatic imine (C=N–C) groups is 1. The lowest BCUT2D eigenvalue weighted by atomic mass is 9.93. The Labute approximate surface area is 166 Å². The number of hydrogen-bond acceptors (Lipinski definition) is 3. The second-order valence-corrected chi connectivity index (χ2v) is 7.25. The zero-order valence-corrected chi connectivity index (χ0v) is 16.9. The minimum absolute atomic E-state index is 0.0399. The number of guanidine groups is 1. The van der Waals surface area contributed by atoms with Gasteiger partial charge in [-0.15, -0.1) is 0 Å². The maximum atomic E-state index is 12.0. The zero-order valence-electron chi connectivity index (χ0n) is 16.9. The minimum atomic E-state index is -0.0399. The molecule has 0 saturated carbocycles. The Morgan fingerprint density at radius 2 is 2.21 bits per heavy atom. The second kappa shape index (κ2) is 9.39. The Morgan fingerprint density at radius 3 is 2.93 bits per heavy atom. The van der Waals surface area contributed by atoms with Gasteiger partial charge in [0.05, 0.1) is 12.4 Å². The van der Waals surface area contributed by atoms with E-state index in [1.807, 2.05) is 57.0 Å². The van der Waals surface area contributed by atoms with Crippen molar-refractivity contribution in [1.82, 2.24) is 25.1 Å². The number of likely N-dealkylation sites (tertiary alicyclic amines) is 1. The Kier molecular flexibility index (Phi) is 6.68. The molecular weight excluding hydrogens is 352 g/mol. The van der Waals surface area contributed by atoms with Crippen LogP contribution >= 0.6 is 0 Å². The van der Waals surface area contributed by atoms with E-state index in [4.69, 9.17) is 0 Å². The lowest BCUT2D eigenvalue weighted by molar-refractivity contribution is 0.0955. The van der Waals surface area contributed by atoms with E-state index in [1.54, 1.807) is 0 Å². The third-order valence-corrected chi connectivity index (χ3v) is 5.31. The summed E-state index contributed by atoms with van der Waals surface area (Å²) in [6.07, 6.45) is 6.87. The molecule has 2 heterocycles. The Morgan fingerprint density at radius 1 is 1.36 bits per heavy atom. The number of amides is 1. The molecule has 0 bridgehead atoms. The van der Waals surface area contributed by atoms with Crippen molar-refractivity contribution in [3.05, 3.63) is 54.1 Å². The number of nitrogens with one attached hydrogen (secondary N) is 2. The first-order valence-corrected chi connectivity index (χ1v) is 9.92. The summed E-state index contributed by atoms with van der Waals surface area (Å²) < 4.78 is 2.19. The van der Waals surface area contributed by atoms with Gasteiger partial charge >= 0.3 is 0 Å². The number of imidazole rings is 1. The lowest BCUT2D eigenvalue weighted by Crippen LogP contribution is -2.48. The third-order valence-electron chi connectivity index (χ3n) is 5.31. The summed E-state index contributed by atoms with van der Waals surface area (Å²) in [5.41, 5.74) is 1.74. The molecule has 150 valence electrons. The highest BCUT2D eigenvalue weighted by atomic mass is 16.1. The number of carbonyl (C=O) groups is 1. The second-order valence-electron chi connectivity index (χ2n) is 7.25. The standard InChI is InChI=1S/C21H30N6O/c1-4-24-20(28)18-7-5-6-17(12-18)13-25-21(22-3)26-10-8-16(2)19(14-26)27-11-9-23-15-27/h5-7,9,11-12,15-16,19H,4,8,10,13-14H2,1-3H3,(H,22,25)(H,24,28). The fourth-order valence-corrected chi connectivity index (χ4v) is 3.69. The normalized spacial score (nSPS) is 20.1. The van der Waals surface area contributed by atoms with Crippen LogP contribution in [0.5, 0.6) is 0 Å². The number of rotatable bonds is 5. The highest BCUT2D eigenvalue weighted by Gasteiger charge is 2.28. The van der Waals surface area contributed by atoms with Gasteiger partial charge in [-0.05, 0) is 37.0 Å². The maximum Gasteiger partial charge on any atom is 0.251 e. The van der Waals surface area contributed by atoms with Gasteiger partial charge in [0.25, 0.3) is 5.91 Å². The summed E-state index contributed by atoms with van der Waals surface area (Å²) in [5, 5.41) is 6.29. The Bertz CT molecular complexity index is 801. The molecule has 2 aromatic rings. The molecule has 0 radical (unpaired) electrons. The van der Waals surface area contributed by atoms with E-state index >= 15 is 0 Å². The van der Waals surface area contributed by atoms with E-state index in [2.05, 4.69) is 37.0 Å². The summed E-state index contributed by atoms with van der Waals surface area (Å²) in [7, 11) is 1.82. The van der Waals surface area contributed by atoms with Gasteiger partial charge in [-0.3, -0.25) is 9.79 Å². The van der Waals surface area contributed by atoms with Gasteiger partial charge in [0.15, 0.2) is 5.96 Å². The number of benzene rings is 1. The molecule has 1 fully saturated rings. The molecule has 7 nitrogen and oxygen atoms in total. The highest BCUT2D eigenvalue weighted by molar-refractivity contribution is 5.94. The molecule has 0 spiro atoms. The first-order chi connectivity index (χ1) is 13.6. The molecular formula is C21H30N6O. The van der Waals surface area contributed by atoms with Gasteiger partial charge in [-0.1, -0.05) is 19.1 Å². The van der Waals surface area contributed by atoms with Gasteiger partial charge in [-0.25, -0.2) is 4.98 Å². The predicted molar refractivity (Wildman–Crippen MR) is 111 cm³/mol. The lowest BCUT2D eigenvalue weighted by Gasteiger charge is -2.39. The van der Waals surface area contributed by atoms with E-state index in [1.165, 1.54) is 0 Å². The van der Waals surface area contributed by atoms with Crippen molar-refractivity contribution in [2.24, 2.45) is 10.9 Å². The van der Waals surface area contributed by atoms with Gasteiger partial charge < -0.3 is 20.1 Å². The molecule has 1 aromatic heterocycles. The summed E-state index contributed by atoms with van der Waals surface area (Å²) >= 11 is 0. The average Bonchev–Trinajstić information content (AvgIpc) is 3.24. The Balaban J connectivity index is 1.63.